The molecular formula is C23H23N5O4S. The van der Waals surface area contributed by atoms with Crippen LogP contribution in [0.3, 0.4) is 0 Å². The third kappa shape index (κ3) is 4.19. The lowest BCUT2D eigenvalue weighted by Gasteiger charge is -2.25. The van der Waals surface area contributed by atoms with Crippen LogP contribution in [-0.4, -0.2) is 38.7 Å². The molecule has 0 spiro atoms. The first-order valence-corrected chi connectivity index (χ1v) is 12.5. The van der Waals surface area contributed by atoms with Gasteiger partial charge in [0.25, 0.3) is 10.1 Å². The Morgan fingerprint density at radius 1 is 0.970 bits per heavy atom. The molecule has 0 saturated heterocycles. The van der Waals surface area contributed by atoms with Gasteiger partial charge in [0.15, 0.2) is 11.5 Å². The SMILES string of the molecule is CCCCc1cnc2c3c(c4nccnc4c2n1)Nc1cccc(CCCS(=O)(=O)O)c1O3. The summed E-state index contributed by atoms with van der Waals surface area (Å²) >= 11 is 0. The minimum absolute atomic E-state index is 0.274. The van der Waals surface area contributed by atoms with E-state index in [1.54, 1.807) is 18.6 Å². The van der Waals surface area contributed by atoms with Crippen molar-refractivity contribution >= 4 is 43.6 Å². The highest BCUT2D eigenvalue weighted by molar-refractivity contribution is 7.85. The van der Waals surface area contributed by atoms with Crippen LogP contribution in [-0.2, 0) is 23.0 Å². The maximum Gasteiger partial charge on any atom is 0.264 e. The molecule has 1 aliphatic rings. The van der Waals surface area contributed by atoms with Crippen LogP contribution < -0.4 is 10.1 Å². The molecule has 2 aromatic heterocycles. The molecule has 33 heavy (non-hydrogen) atoms. The predicted octanol–water partition coefficient (Wildman–Crippen LogP) is 4.59. The molecule has 170 valence electrons. The molecule has 5 rings (SSSR count). The van der Waals surface area contributed by atoms with Crippen molar-refractivity contribution in [1.82, 2.24) is 19.9 Å². The van der Waals surface area contributed by atoms with E-state index in [1.165, 1.54) is 0 Å². The van der Waals surface area contributed by atoms with Crippen LogP contribution in [0.5, 0.6) is 11.5 Å². The van der Waals surface area contributed by atoms with Crippen molar-refractivity contribution < 1.29 is 17.7 Å². The minimum Gasteiger partial charge on any atom is -0.450 e. The van der Waals surface area contributed by atoms with E-state index < -0.39 is 10.1 Å². The molecule has 2 aromatic carbocycles. The van der Waals surface area contributed by atoms with E-state index in [4.69, 9.17) is 14.3 Å². The van der Waals surface area contributed by atoms with Gasteiger partial charge in [0.2, 0.25) is 0 Å². The first-order valence-electron chi connectivity index (χ1n) is 10.9. The minimum atomic E-state index is -4.02. The van der Waals surface area contributed by atoms with Crippen molar-refractivity contribution in [3.63, 3.8) is 0 Å². The monoisotopic (exact) mass is 465 g/mol. The van der Waals surface area contributed by atoms with Crippen LogP contribution in [0.25, 0.3) is 22.1 Å². The summed E-state index contributed by atoms with van der Waals surface area (Å²) in [4.78, 5) is 18.6. The van der Waals surface area contributed by atoms with Crippen LogP contribution >= 0.6 is 0 Å². The van der Waals surface area contributed by atoms with Gasteiger partial charge in [-0.2, -0.15) is 8.42 Å². The number of rotatable bonds is 7. The second-order valence-electron chi connectivity index (χ2n) is 8.03. The smallest absolute Gasteiger partial charge is 0.264 e. The molecule has 9 nitrogen and oxygen atoms in total. The van der Waals surface area contributed by atoms with Crippen LogP contribution in [0.1, 0.15) is 37.4 Å². The maximum atomic E-state index is 11.1. The summed E-state index contributed by atoms with van der Waals surface area (Å²) in [6.07, 6.45) is 8.66. The van der Waals surface area contributed by atoms with Crippen molar-refractivity contribution in [2.75, 3.05) is 11.1 Å². The fourth-order valence-corrected chi connectivity index (χ4v) is 4.56. The Balaban J connectivity index is 1.61. The summed E-state index contributed by atoms with van der Waals surface area (Å²) in [5.74, 6) is 0.805. The zero-order chi connectivity index (χ0) is 23.0. The third-order valence-corrected chi connectivity index (χ3v) is 6.42. The number of hydrogen-bond donors (Lipinski definition) is 2. The van der Waals surface area contributed by atoms with Gasteiger partial charge in [0.05, 0.1) is 17.1 Å². The van der Waals surface area contributed by atoms with Crippen LogP contribution in [0.2, 0.25) is 0 Å². The zero-order valence-corrected chi connectivity index (χ0v) is 18.9. The highest BCUT2D eigenvalue weighted by Gasteiger charge is 2.27. The van der Waals surface area contributed by atoms with Gasteiger partial charge in [-0.15, -0.1) is 0 Å². The first-order chi connectivity index (χ1) is 15.9. The summed E-state index contributed by atoms with van der Waals surface area (Å²) < 4.78 is 37.7. The van der Waals surface area contributed by atoms with Gasteiger partial charge >= 0.3 is 0 Å². The number of hydrogen-bond acceptors (Lipinski definition) is 8. The summed E-state index contributed by atoms with van der Waals surface area (Å²) in [5, 5.41) is 3.41. The van der Waals surface area contributed by atoms with Crippen molar-refractivity contribution in [2.24, 2.45) is 0 Å². The van der Waals surface area contributed by atoms with Crippen LogP contribution in [0.15, 0.2) is 36.8 Å². The lowest BCUT2D eigenvalue weighted by Crippen LogP contribution is -2.10. The fraction of sp³-hybridized carbons (Fsp3) is 0.304. The summed E-state index contributed by atoms with van der Waals surface area (Å²) in [7, 11) is -4.02. The normalized spacial score (nSPS) is 12.8. The number of benzene rings is 2. The van der Waals surface area contributed by atoms with Gasteiger partial charge in [-0.25, -0.2) is 9.97 Å². The van der Waals surface area contributed by atoms with E-state index in [9.17, 15) is 8.42 Å². The van der Waals surface area contributed by atoms with Crippen molar-refractivity contribution in [3.05, 3.63) is 48.0 Å². The standard InChI is InChI=1S/C23H23N5O4S/c1-2-3-8-15-13-26-20-19(27-15)17-18(25-11-10-24-17)21-23(20)32-22-14(6-4-9-16(22)28-21)7-5-12-33(29,30)31/h4,6,9-11,13,28H,2-3,5,7-8,12H2,1H3,(H,29,30,31). The lowest BCUT2D eigenvalue weighted by molar-refractivity contribution is 0.474. The molecule has 0 saturated carbocycles. The van der Waals surface area contributed by atoms with Crippen molar-refractivity contribution in [3.8, 4) is 11.5 Å². The number of ether oxygens (including phenoxy) is 1. The number of nitrogens with zero attached hydrogens (tertiary/aromatic N) is 4. The summed E-state index contributed by atoms with van der Waals surface area (Å²) in [6, 6.07) is 5.64. The van der Waals surface area contributed by atoms with Crippen LogP contribution in [0, 0.1) is 0 Å². The Labute approximate surface area is 191 Å². The molecule has 10 heteroatoms. The van der Waals surface area contributed by atoms with Crippen LogP contribution in [0.4, 0.5) is 11.4 Å². The number of anilines is 2. The van der Waals surface area contributed by atoms with E-state index in [2.05, 4.69) is 27.2 Å². The van der Waals surface area contributed by atoms with Gasteiger partial charge in [0, 0.05) is 18.6 Å². The summed E-state index contributed by atoms with van der Waals surface area (Å²) in [6.45, 7) is 2.14. The Bertz CT molecular complexity index is 1470. The molecule has 3 heterocycles. The molecule has 1 aliphatic heterocycles. The molecule has 0 amide bonds. The number of unbranched alkanes of at least 4 members (excludes halogenated alkanes) is 1. The van der Waals surface area contributed by atoms with E-state index in [-0.39, 0.29) is 12.2 Å². The topological polar surface area (TPSA) is 127 Å². The summed E-state index contributed by atoms with van der Waals surface area (Å²) in [5.41, 5.74) is 5.66. The highest BCUT2D eigenvalue weighted by Crippen LogP contribution is 2.49. The first kappa shape index (κ1) is 21.5. The highest BCUT2D eigenvalue weighted by atomic mass is 32.2. The molecule has 0 fully saturated rings. The van der Waals surface area contributed by atoms with E-state index in [1.807, 2.05) is 18.2 Å². The molecule has 0 bridgehead atoms. The van der Waals surface area contributed by atoms with E-state index >= 15 is 0 Å². The molecule has 0 unspecified atom stereocenters. The van der Waals surface area contributed by atoms with Gasteiger partial charge < -0.3 is 10.1 Å². The number of fused-ring (bicyclic) bond motifs is 7. The number of nitrogens with one attached hydrogen (secondary N) is 1. The lowest BCUT2D eigenvalue weighted by atomic mass is 10.1. The average Bonchev–Trinajstić information content (AvgIpc) is 2.81. The predicted molar refractivity (Wildman–Crippen MR) is 126 cm³/mol. The quantitative estimate of drug-likeness (QED) is 0.262. The number of aromatic nitrogens is 4. The second kappa shape index (κ2) is 8.53. The molecular weight excluding hydrogens is 442 g/mol. The van der Waals surface area contributed by atoms with E-state index in [0.29, 0.717) is 45.7 Å². The molecule has 0 atom stereocenters. The second-order valence-corrected chi connectivity index (χ2v) is 9.60. The molecule has 0 aliphatic carbocycles. The Morgan fingerprint density at radius 2 is 1.79 bits per heavy atom. The van der Waals surface area contributed by atoms with Gasteiger partial charge in [0.1, 0.15) is 27.8 Å². The molecule has 2 N–H and O–H groups in total. The Kier molecular flexibility index (Phi) is 5.55. The molecule has 4 aromatic rings. The van der Waals surface area contributed by atoms with Gasteiger partial charge in [-0.3, -0.25) is 14.5 Å². The van der Waals surface area contributed by atoms with E-state index in [0.717, 1.165) is 36.2 Å². The Morgan fingerprint density at radius 3 is 2.58 bits per heavy atom. The molecule has 0 radical (unpaired) electrons. The number of aryl methyl sites for hydroxylation is 2. The maximum absolute atomic E-state index is 11.1. The fourth-order valence-electron chi connectivity index (χ4n) is 4.05. The van der Waals surface area contributed by atoms with Gasteiger partial charge in [-0.1, -0.05) is 25.5 Å². The largest absolute Gasteiger partial charge is 0.450 e. The van der Waals surface area contributed by atoms with Crippen molar-refractivity contribution in [1.29, 1.82) is 0 Å². The third-order valence-electron chi connectivity index (χ3n) is 5.62. The average molecular weight is 466 g/mol. The van der Waals surface area contributed by atoms with Gasteiger partial charge in [-0.05, 0) is 37.3 Å². The Hall–Kier alpha value is -3.37. The number of para-hydroxylation sites is 1. The zero-order valence-electron chi connectivity index (χ0n) is 18.1. The van der Waals surface area contributed by atoms with Crippen molar-refractivity contribution in [2.45, 2.75) is 39.0 Å².